The summed E-state index contributed by atoms with van der Waals surface area (Å²) >= 11 is 0. The van der Waals surface area contributed by atoms with Gasteiger partial charge in [0.1, 0.15) is 11.5 Å². The van der Waals surface area contributed by atoms with Crippen LogP contribution in [0.4, 0.5) is 0 Å². The average molecular weight is 362 g/mol. The van der Waals surface area contributed by atoms with Crippen molar-refractivity contribution in [3.05, 3.63) is 23.3 Å². The number of methoxy groups -OCH3 is 2. The van der Waals surface area contributed by atoms with E-state index >= 15 is 0 Å². The van der Waals surface area contributed by atoms with Crippen LogP contribution in [0.15, 0.2) is 12.1 Å². The van der Waals surface area contributed by atoms with E-state index in [9.17, 15) is 9.59 Å². The smallest absolute Gasteiger partial charge is 0.227 e. The van der Waals surface area contributed by atoms with Gasteiger partial charge in [-0.1, -0.05) is 19.4 Å². The van der Waals surface area contributed by atoms with Crippen LogP contribution in [0.5, 0.6) is 11.5 Å². The van der Waals surface area contributed by atoms with Crippen molar-refractivity contribution in [3.63, 3.8) is 0 Å². The monoisotopic (exact) mass is 362 g/mol. The lowest BCUT2D eigenvalue weighted by molar-refractivity contribution is -0.139. The molecule has 144 valence electrons. The molecule has 2 rings (SSSR count). The van der Waals surface area contributed by atoms with Crippen LogP contribution in [0.2, 0.25) is 0 Å². The molecule has 0 aliphatic carbocycles. The molecule has 0 saturated carbocycles. The van der Waals surface area contributed by atoms with Crippen LogP contribution in [0, 0.1) is 6.92 Å². The fraction of sp³-hybridized carbons (Fsp3) is 0.600. The molecule has 0 atom stereocenters. The van der Waals surface area contributed by atoms with Crippen LogP contribution in [-0.4, -0.2) is 62.0 Å². The first-order valence-electron chi connectivity index (χ1n) is 9.27. The zero-order valence-corrected chi connectivity index (χ0v) is 16.3. The van der Waals surface area contributed by atoms with Crippen LogP contribution in [0.25, 0.3) is 0 Å². The average Bonchev–Trinajstić information content (AvgIpc) is 2.66. The molecule has 6 heteroatoms. The summed E-state index contributed by atoms with van der Waals surface area (Å²) in [6.07, 6.45) is 2.84. The van der Waals surface area contributed by atoms with Crippen molar-refractivity contribution < 1.29 is 19.1 Å². The molecule has 0 aromatic heterocycles. The molecule has 1 aliphatic heterocycles. The maximum Gasteiger partial charge on any atom is 0.227 e. The third kappa shape index (κ3) is 4.68. The summed E-state index contributed by atoms with van der Waals surface area (Å²) in [6, 6.07) is 3.75. The minimum Gasteiger partial charge on any atom is -0.496 e. The zero-order valence-electron chi connectivity index (χ0n) is 16.3. The van der Waals surface area contributed by atoms with Crippen molar-refractivity contribution in [3.8, 4) is 11.5 Å². The van der Waals surface area contributed by atoms with Gasteiger partial charge in [0.15, 0.2) is 0 Å². The van der Waals surface area contributed by atoms with Gasteiger partial charge >= 0.3 is 0 Å². The Morgan fingerprint density at radius 1 is 1.00 bits per heavy atom. The van der Waals surface area contributed by atoms with E-state index in [0.717, 1.165) is 29.7 Å². The largest absolute Gasteiger partial charge is 0.496 e. The van der Waals surface area contributed by atoms with Crippen molar-refractivity contribution in [2.75, 3.05) is 40.4 Å². The summed E-state index contributed by atoms with van der Waals surface area (Å²) in [7, 11) is 3.23. The van der Waals surface area contributed by atoms with Gasteiger partial charge in [-0.2, -0.15) is 0 Å². The van der Waals surface area contributed by atoms with Crippen molar-refractivity contribution >= 4 is 11.8 Å². The van der Waals surface area contributed by atoms with E-state index in [4.69, 9.17) is 9.47 Å². The number of benzene rings is 1. The molecule has 1 aromatic carbocycles. The van der Waals surface area contributed by atoms with Crippen molar-refractivity contribution in [1.82, 2.24) is 9.80 Å². The normalized spacial score (nSPS) is 14.3. The molecule has 1 heterocycles. The summed E-state index contributed by atoms with van der Waals surface area (Å²) in [4.78, 5) is 28.5. The van der Waals surface area contributed by atoms with Crippen LogP contribution < -0.4 is 9.47 Å². The summed E-state index contributed by atoms with van der Waals surface area (Å²) in [5.41, 5.74) is 1.75. The Labute approximate surface area is 156 Å². The van der Waals surface area contributed by atoms with Crippen molar-refractivity contribution in [1.29, 1.82) is 0 Å². The number of rotatable bonds is 7. The maximum atomic E-state index is 12.7. The van der Waals surface area contributed by atoms with E-state index in [2.05, 4.69) is 6.92 Å². The summed E-state index contributed by atoms with van der Waals surface area (Å²) < 4.78 is 10.8. The lowest BCUT2D eigenvalue weighted by Crippen LogP contribution is -2.51. The second-order valence-corrected chi connectivity index (χ2v) is 6.63. The van der Waals surface area contributed by atoms with E-state index in [0.29, 0.717) is 38.3 Å². The standard InChI is InChI=1S/C20H30N2O4/c1-5-6-7-18(23)21-10-12-22(13-11-21)19(24)14-16-8-9-17(25-3)15(2)20(16)26-4/h8-9H,5-7,10-14H2,1-4H3. The highest BCUT2D eigenvalue weighted by molar-refractivity contribution is 5.81. The Bertz CT molecular complexity index is 637. The highest BCUT2D eigenvalue weighted by Crippen LogP contribution is 2.31. The fourth-order valence-corrected chi connectivity index (χ4v) is 3.34. The van der Waals surface area contributed by atoms with Crippen molar-refractivity contribution in [2.45, 2.75) is 39.5 Å². The number of carbonyl (C=O) groups excluding carboxylic acids is 2. The number of ether oxygens (including phenoxy) is 2. The molecule has 26 heavy (non-hydrogen) atoms. The molecule has 0 unspecified atom stereocenters. The van der Waals surface area contributed by atoms with Gasteiger partial charge in [-0.3, -0.25) is 9.59 Å². The SMILES string of the molecule is CCCCC(=O)N1CCN(C(=O)Cc2ccc(OC)c(C)c2OC)CC1. The highest BCUT2D eigenvalue weighted by Gasteiger charge is 2.25. The van der Waals surface area contributed by atoms with Gasteiger partial charge < -0.3 is 19.3 Å². The molecular formula is C20H30N2O4. The molecule has 0 spiro atoms. The molecule has 1 saturated heterocycles. The Balaban J connectivity index is 1.95. The van der Waals surface area contributed by atoms with Gasteiger partial charge in [-0.15, -0.1) is 0 Å². The number of piperazine rings is 1. The summed E-state index contributed by atoms with van der Waals surface area (Å²) in [6.45, 7) is 6.42. The Kier molecular flexibility index (Phi) is 7.30. The van der Waals surface area contributed by atoms with E-state index in [1.165, 1.54) is 0 Å². The molecular weight excluding hydrogens is 332 g/mol. The Morgan fingerprint density at radius 3 is 2.15 bits per heavy atom. The van der Waals surface area contributed by atoms with Crippen LogP contribution in [0.3, 0.4) is 0 Å². The first-order chi connectivity index (χ1) is 12.5. The number of unbranched alkanes of at least 4 members (excludes halogenated alkanes) is 1. The molecule has 0 radical (unpaired) electrons. The topological polar surface area (TPSA) is 59.1 Å². The Hall–Kier alpha value is -2.24. The van der Waals surface area contributed by atoms with Gasteiger partial charge in [0, 0.05) is 43.7 Å². The fourth-order valence-electron chi connectivity index (χ4n) is 3.34. The molecule has 1 fully saturated rings. The van der Waals surface area contributed by atoms with Crippen LogP contribution in [-0.2, 0) is 16.0 Å². The first-order valence-corrected chi connectivity index (χ1v) is 9.27. The predicted molar refractivity (Wildman–Crippen MR) is 101 cm³/mol. The molecule has 0 N–H and O–H groups in total. The third-order valence-electron chi connectivity index (χ3n) is 4.93. The number of hydrogen-bond acceptors (Lipinski definition) is 4. The first kappa shape index (κ1) is 20.1. The molecule has 0 bridgehead atoms. The molecule has 1 aliphatic rings. The number of nitrogens with zero attached hydrogens (tertiary/aromatic N) is 2. The van der Waals surface area contributed by atoms with Gasteiger partial charge in [-0.25, -0.2) is 0 Å². The minimum atomic E-state index is 0.0634. The number of hydrogen-bond donors (Lipinski definition) is 0. The van der Waals surface area contributed by atoms with Crippen molar-refractivity contribution in [2.24, 2.45) is 0 Å². The highest BCUT2D eigenvalue weighted by atomic mass is 16.5. The maximum absolute atomic E-state index is 12.7. The number of carbonyl (C=O) groups is 2. The van der Waals surface area contributed by atoms with Gasteiger partial charge in [0.2, 0.25) is 11.8 Å². The molecule has 2 amide bonds. The zero-order chi connectivity index (χ0) is 19.1. The third-order valence-corrected chi connectivity index (χ3v) is 4.93. The summed E-state index contributed by atoms with van der Waals surface area (Å²) in [5.74, 6) is 1.71. The van der Waals surface area contributed by atoms with Gasteiger partial charge in [-0.05, 0) is 19.4 Å². The lowest BCUT2D eigenvalue weighted by atomic mass is 10.0. The molecule has 1 aromatic rings. The second-order valence-electron chi connectivity index (χ2n) is 6.63. The quantitative estimate of drug-likeness (QED) is 0.747. The van der Waals surface area contributed by atoms with E-state index in [1.54, 1.807) is 14.2 Å². The van der Waals surface area contributed by atoms with E-state index < -0.39 is 0 Å². The lowest BCUT2D eigenvalue weighted by Gasteiger charge is -2.35. The summed E-state index contributed by atoms with van der Waals surface area (Å²) in [5, 5.41) is 0. The predicted octanol–water partition coefficient (Wildman–Crippen LogP) is 2.42. The van der Waals surface area contributed by atoms with Crippen LogP contribution in [0.1, 0.15) is 37.3 Å². The van der Waals surface area contributed by atoms with E-state index in [1.807, 2.05) is 28.9 Å². The van der Waals surface area contributed by atoms with Crippen LogP contribution >= 0.6 is 0 Å². The number of amides is 2. The van der Waals surface area contributed by atoms with E-state index in [-0.39, 0.29) is 18.2 Å². The van der Waals surface area contributed by atoms with Gasteiger partial charge in [0.05, 0.1) is 20.6 Å². The second kappa shape index (κ2) is 9.46. The Morgan fingerprint density at radius 2 is 1.62 bits per heavy atom. The molecule has 6 nitrogen and oxygen atoms in total. The minimum absolute atomic E-state index is 0.0634. The van der Waals surface area contributed by atoms with Gasteiger partial charge in [0.25, 0.3) is 0 Å².